The molecule has 2 aromatic heterocycles. The molecule has 0 unspecified atom stereocenters. The molecule has 0 bridgehead atoms. The average Bonchev–Trinajstić information content (AvgIpc) is 2.89. The minimum absolute atomic E-state index is 0.297. The highest BCUT2D eigenvalue weighted by Crippen LogP contribution is 2.21. The first-order valence-electron chi connectivity index (χ1n) is 4.95. The van der Waals surface area contributed by atoms with Gasteiger partial charge >= 0.3 is 6.01 Å². The molecule has 90 valence electrons. The smallest absolute Gasteiger partial charge is 0.321 e. The minimum atomic E-state index is 0.297. The number of methoxy groups -OCH3 is 1. The fourth-order valence-corrected chi connectivity index (χ4v) is 1.87. The van der Waals surface area contributed by atoms with Crippen LogP contribution in [0.2, 0.25) is 0 Å². The Morgan fingerprint density at radius 2 is 2.29 bits per heavy atom. The van der Waals surface area contributed by atoms with Gasteiger partial charge in [0, 0.05) is 7.05 Å². The maximum absolute atomic E-state index is 5.23. The topological polar surface area (TPSA) is 73.1 Å². The van der Waals surface area contributed by atoms with E-state index < -0.39 is 0 Å². The molecule has 0 radical (unpaired) electrons. The second-order valence-electron chi connectivity index (χ2n) is 3.05. The molecule has 0 amide bonds. The van der Waals surface area contributed by atoms with Crippen LogP contribution in [0.5, 0.6) is 6.01 Å². The number of aromatic nitrogens is 3. The van der Waals surface area contributed by atoms with E-state index in [1.54, 1.807) is 13.3 Å². The van der Waals surface area contributed by atoms with E-state index >= 15 is 0 Å². The van der Waals surface area contributed by atoms with Crippen LogP contribution >= 0.6 is 11.8 Å². The molecule has 0 saturated heterocycles. The van der Waals surface area contributed by atoms with Gasteiger partial charge in [0.15, 0.2) is 5.16 Å². The summed E-state index contributed by atoms with van der Waals surface area (Å²) in [5, 5.41) is 3.45. The normalized spacial score (nSPS) is 10.2. The van der Waals surface area contributed by atoms with Gasteiger partial charge in [0.05, 0.1) is 19.1 Å². The van der Waals surface area contributed by atoms with E-state index in [-0.39, 0.29) is 0 Å². The molecule has 0 fully saturated rings. The number of nitrogens with one attached hydrogen (secondary N) is 1. The fourth-order valence-electron chi connectivity index (χ4n) is 1.14. The molecule has 0 spiro atoms. The van der Waals surface area contributed by atoms with Crippen molar-refractivity contribution in [2.45, 2.75) is 10.9 Å². The fraction of sp³-hybridized carbons (Fsp3) is 0.300. The molecule has 0 aliphatic heterocycles. The number of thioether (sulfide) groups is 1. The number of furan rings is 1. The van der Waals surface area contributed by atoms with Crippen LogP contribution in [0, 0.1) is 0 Å². The predicted octanol–water partition coefficient (Wildman–Crippen LogP) is 1.81. The second-order valence-corrected chi connectivity index (χ2v) is 3.99. The Bertz CT molecular complexity index is 453. The third kappa shape index (κ3) is 3.10. The SMILES string of the molecule is CNc1nc(OC)nc(SCc2ccco2)n1. The third-order valence-corrected chi connectivity index (χ3v) is 2.79. The quantitative estimate of drug-likeness (QED) is 0.813. The Morgan fingerprint density at radius 3 is 2.94 bits per heavy atom. The standard InChI is InChI=1S/C10H12N4O2S/c1-11-8-12-9(15-2)14-10(13-8)17-6-7-4-3-5-16-7/h3-5H,6H2,1-2H3,(H,11,12,13,14). The van der Waals surface area contributed by atoms with Gasteiger partial charge in [-0.2, -0.15) is 15.0 Å². The molecule has 7 heteroatoms. The van der Waals surface area contributed by atoms with Crippen molar-refractivity contribution in [3.05, 3.63) is 24.2 Å². The molecule has 1 N–H and O–H groups in total. The van der Waals surface area contributed by atoms with Gasteiger partial charge < -0.3 is 14.5 Å². The summed E-state index contributed by atoms with van der Waals surface area (Å²) in [6, 6.07) is 4.05. The van der Waals surface area contributed by atoms with E-state index in [9.17, 15) is 0 Å². The minimum Gasteiger partial charge on any atom is -0.468 e. The lowest BCUT2D eigenvalue weighted by Gasteiger charge is -2.04. The van der Waals surface area contributed by atoms with Crippen molar-refractivity contribution < 1.29 is 9.15 Å². The van der Waals surface area contributed by atoms with Crippen LogP contribution in [0.3, 0.4) is 0 Å². The molecule has 0 aliphatic rings. The monoisotopic (exact) mass is 252 g/mol. The first-order valence-corrected chi connectivity index (χ1v) is 5.93. The first kappa shape index (κ1) is 11.7. The average molecular weight is 252 g/mol. The third-order valence-electron chi connectivity index (χ3n) is 1.92. The van der Waals surface area contributed by atoms with Crippen molar-refractivity contribution in [2.24, 2.45) is 0 Å². The van der Waals surface area contributed by atoms with Crippen molar-refractivity contribution in [1.29, 1.82) is 0 Å². The van der Waals surface area contributed by atoms with Gasteiger partial charge in [-0.1, -0.05) is 11.8 Å². The molecule has 2 heterocycles. The molecule has 0 aromatic carbocycles. The Hall–Kier alpha value is -1.76. The van der Waals surface area contributed by atoms with Crippen molar-refractivity contribution in [2.75, 3.05) is 19.5 Å². The van der Waals surface area contributed by atoms with Crippen LogP contribution in [-0.2, 0) is 5.75 Å². The lowest BCUT2D eigenvalue weighted by Crippen LogP contribution is -2.02. The van der Waals surface area contributed by atoms with Gasteiger partial charge in [0.2, 0.25) is 5.95 Å². The summed E-state index contributed by atoms with van der Waals surface area (Å²) in [4.78, 5) is 12.4. The van der Waals surface area contributed by atoms with Crippen molar-refractivity contribution in [1.82, 2.24) is 15.0 Å². The van der Waals surface area contributed by atoms with E-state index in [2.05, 4.69) is 20.3 Å². The highest BCUT2D eigenvalue weighted by atomic mass is 32.2. The van der Waals surface area contributed by atoms with Gasteiger partial charge in [0.1, 0.15) is 5.76 Å². The molecule has 0 atom stereocenters. The van der Waals surface area contributed by atoms with Gasteiger partial charge in [-0.25, -0.2) is 0 Å². The zero-order valence-electron chi connectivity index (χ0n) is 9.51. The number of nitrogens with zero attached hydrogens (tertiary/aromatic N) is 3. The zero-order chi connectivity index (χ0) is 12.1. The Balaban J connectivity index is 2.09. The summed E-state index contributed by atoms with van der Waals surface area (Å²) >= 11 is 1.46. The zero-order valence-corrected chi connectivity index (χ0v) is 10.3. The highest BCUT2D eigenvalue weighted by Gasteiger charge is 2.07. The van der Waals surface area contributed by atoms with Crippen molar-refractivity contribution >= 4 is 17.7 Å². The Labute approximate surface area is 103 Å². The van der Waals surface area contributed by atoms with Crippen LogP contribution in [0.25, 0.3) is 0 Å². The van der Waals surface area contributed by atoms with Gasteiger partial charge in [0.25, 0.3) is 0 Å². The molecular formula is C10H12N4O2S. The van der Waals surface area contributed by atoms with E-state index in [1.807, 2.05) is 12.1 Å². The Kier molecular flexibility index (Phi) is 3.81. The van der Waals surface area contributed by atoms with Crippen LogP contribution in [0.4, 0.5) is 5.95 Å². The number of anilines is 1. The summed E-state index contributed by atoms with van der Waals surface area (Å²) in [5.41, 5.74) is 0. The molecule has 17 heavy (non-hydrogen) atoms. The lowest BCUT2D eigenvalue weighted by atomic mass is 10.5. The molecule has 0 saturated carbocycles. The van der Waals surface area contributed by atoms with E-state index in [0.29, 0.717) is 22.9 Å². The van der Waals surface area contributed by atoms with Crippen molar-refractivity contribution in [3.63, 3.8) is 0 Å². The van der Waals surface area contributed by atoms with Gasteiger partial charge in [-0.3, -0.25) is 0 Å². The lowest BCUT2D eigenvalue weighted by molar-refractivity contribution is 0.373. The number of ether oxygens (including phenoxy) is 1. The van der Waals surface area contributed by atoms with E-state index in [0.717, 1.165) is 5.76 Å². The molecule has 6 nitrogen and oxygen atoms in total. The largest absolute Gasteiger partial charge is 0.468 e. The molecule has 0 aliphatic carbocycles. The second kappa shape index (κ2) is 5.53. The maximum atomic E-state index is 5.23. The number of hydrogen-bond donors (Lipinski definition) is 1. The summed E-state index contributed by atoms with van der Waals surface area (Å²) in [7, 11) is 3.27. The van der Waals surface area contributed by atoms with Crippen LogP contribution in [-0.4, -0.2) is 29.1 Å². The van der Waals surface area contributed by atoms with Gasteiger partial charge in [-0.05, 0) is 12.1 Å². The Morgan fingerprint density at radius 1 is 1.41 bits per heavy atom. The molecular weight excluding hydrogens is 240 g/mol. The highest BCUT2D eigenvalue weighted by molar-refractivity contribution is 7.98. The maximum Gasteiger partial charge on any atom is 0.321 e. The van der Waals surface area contributed by atoms with E-state index in [4.69, 9.17) is 9.15 Å². The van der Waals surface area contributed by atoms with E-state index in [1.165, 1.54) is 18.9 Å². The summed E-state index contributed by atoms with van der Waals surface area (Å²) < 4.78 is 10.2. The first-order chi connectivity index (χ1) is 8.31. The van der Waals surface area contributed by atoms with Crippen LogP contribution < -0.4 is 10.1 Å². The summed E-state index contributed by atoms with van der Waals surface area (Å²) in [6.07, 6.45) is 1.64. The predicted molar refractivity (Wildman–Crippen MR) is 64.2 cm³/mol. The summed E-state index contributed by atoms with van der Waals surface area (Å²) in [6.45, 7) is 0. The summed E-state index contributed by atoms with van der Waals surface area (Å²) in [5.74, 6) is 2.03. The van der Waals surface area contributed by atoms with Gasteiger partial charge in [-0.15, -0.1) is 0 Å². The number of hydrogen-bond acceptors (Lipinski definition) is 7. The van der Waals surface area contributed by atoms with Crippen LogP contribution in [0.1, 0.15) is 5.76 Å². The van der Waals surface area contributed by atoms with Crippen molar-refractivity contribution in [3.8, 4) is 6.01 Å². The molecule has 2 aromatic rings. The van der Waals surface area contributed by atoms with Crippen LogP contribution in [0.15, 0.2) is 28.0 Å². The number of rotatable bonds is 5. The molecule has 2 rings (SSSR count).